The lowest BCUT2D eigenvalue weighted by molar-refractivity contribution is -0.0501. The molecule has 1 atom stereocenters. The first-order valence-corrected chi connectivity index (χ1v) is 5.62. The molecule has 1 rings (SSSR count). The summed E-state index contributed by atoms with van der Waals surface area (Å²) in [6, 6.07) is 5.37. The monoisotopic (exact) mass is 274 g/mol. The normalized spacial score (nSPS) is 12.3. The number of halogens is 2. The maximum Gasteiger partial charge on any atom is 0.387 e. The summed E-state index contributed by atoms with van der Waals surface area (Å²) in [7, 11) is 1.47. The summed E-state index contributed by atoms with van der Waals surface area (Å²) in [5.74, 6) is -0.716. The number of para-hydroxylation sites is 1. The maximum atomic E-state index is 12.2. The van der Waals surface area contributed by atoms with Crippen molar-refractivity contribution in [1.29, 1.82) is 0 Å². The number of methoxy groups -OCH3 is 1. The molecule has 7 heteroatoms. The predicted molar refractivity (Wildman–Crippen MR) is 65.3 cm³/mol. The van der Waals surface area contributed by atoms with Crippen LogP contribution in [0.3, 0.4) is 0 Å². The van der Waals surface area contributed by atoms with Gasteiger partial charge in [-0.25, -0.2) is 0 Å². The van der Waals surface area contributed by atoms with Crippen LogP contribution in [0.5, 0.6) is 5.75 Å². The van der Waals surface area contributed by atoms with Crippen molar-refractivity contribution in [2.75, 3.05) is 20.3 Å². The summed E-state index contributed by atoms with van der Waals surface area (Å²) < 4.78 is 33.6. The number of carbonyl (C=O) groups is 1. The second-order valence-electron chi connectivity index (χ2n) is 3.74. The molecule has 1 aromatic rings. The van der Waals surface area contributed by atoms with Gasteiger partial charge in [-0.1, -0.05) is 12.1 Å². The van der Waals surface area contributed by atoms with Gasteiger partial charge < -0.3 is 20.5 Å². The first-order valence-electron chi connectivity index (χ1n) is 5.62. The van der Waals surface area contributed by atoms with E-state index in [0.717, 1.165) is 0 Å². The summed E-state index contributed by atoms with van der Waals surface area (Å²) >= 11 is 0. The van der Waals surface area contributed by atoms with Gasteiger partial charge in [-0.15, -0.1) is 0 Å². The highest BCUT2D eigenvalue weighted by atomic mass is 19.3. The lowest BCUT2D eigenvalue weighted by Crippen LogP contribution is -2.43. The molecule has 0 radical (unpaired) electrons. The van der Waals surface area contributed by atoms with Crippen molar-refractivity contribution in [3.8, 4) is 5.75 Å². The van der Waals surface area contributed by atoms with Crippen LogP contribution in [-0.2, 0) is 4.74 Å². The number of amides is 1. The fraction of sp³-hybridized carbons (Fsp3) is 0.417. The summed E-state index contributed by atoms with van der Waals surface area (Å²) in [6.45, 7) is -2.57. The number of carbonyl (C=O) groups excluding carboxylic acids is 1. The molecule has 3 N–H and O–H groups in total. The molecule has 0 aliphatic rings. The van der Waals surface area contributed by atoms with Crippen LogP contribution < -0.4 is 15.8 Å². The Bertz CT molecular complexity index is 416. The van der Waals surface area contributed by atoms with Gasteiger partial charge in [-0.05, 0) is 12.1 Å². The van der Waals surface area contributed by atoms with E-state index < -0.39 is 18.6 Å². The molecule has 106 valence electrons. The molecule has 0 fully saturated rings. The third kappa shape index (κ3) is 4.80. The lowest BCUT2D eigenvalue weighted by atomic mass is 10.1. The average Bonchev–Trinajstić information content (AvgIpc) is 2.38. The van der Waals surface area contributed by atoms with E-state index >= 15 is 0 Å². The summed E-state index contributed by atoms with van der Waals surface area (Å²) in [4.78, 5) is 11.9. The SMILES string of the molecule is COCC(CN)NC(=O)c1ccccc1OC(F)F. The third-order valence-electron chi connectivity index (χ3n) is 2.34. The number of nitrogens with one attached hydrogen (secondary N) is 1. The molecular formula is C12H16F2N2O3. The quantitative estimate of drug-likeness (QED) is 0.777. The van der Waals surface area contributed by atoms with Gasteiger partial charge in [0.25, 0.3) is 5.91 Å². The molecule has 0 aliphatic heterocycles. The Kier molecular flexibility index (Phi) is 6.17. The van der Waals surface area contributed by atoms with Crippen molar-refractivity contribution < 1.29 is 23.0 Å². The van der Waals surface area contributed by atoms with Crippen LogP contribution in [0.1, 0.15) is 10.4 Å². The smallest absolute Gasteiger partial charge is 0.387 e. The van der Waals surface area contributed by atoms with E-state index in [1.807, 2.05) is 0 Å². The van der Waals surface area contributed by atoms with Crippen LogP contribution in [0.15, 0.2) is 24.3 Å². The maximum absolute atomic E-state index is 12.2. The average molecular weight is 274 g/mol. The Morgan fingerprint density at radius 3 is 2.68 bits per heavy atom. The third-order valence-corrected chi connectivity index (χ3v) is 2.34. The Balaban J connectivity index is 2.81. The molecule has 5 nitrogen and oxygen atoms in total. The molecule has 0 bridgehead atoms. The van der Waals surface area contributed by atoms with Gasteiger partial charge in [0.2, 0.25) is 0 Å². The van der Waals surface area contributed by atoms with E-state index in [4.69, 9.17) is 10.5 Å². The van der Waals surface area contributed by atoms with Crippen molar-refractivity contribution in [3.05, 3.63) is 29.8 Å². The fourth-order valence-corrected chi connectivity index (χ4v) is 1.49. The number of benzene rings is 1. The topological polar surface area (TPSA) is 73.6 Å². The second kappa shape index (κ2) is 7.65. The molecule has 0 saturated heterocycles. The highest BCUT2D eigenvalue weighted by molar-refractivity contribution is 5.97. The summed E-state index contributed by atoms with van der Waals surface area (Å²) in [6.07, 6.45) is 0. The molecule has 0 aliphatic carbocycles. The number of alkyl halides is 2. The van der Waals surface area contributed by atoms with Gasteiger partial charge in [0.1, 0.15) is 5.75 Å². The van der Waals surface area contributed by atoms with Gasteiger partial charge in [0.05, 0.1) is 18.2 Å². The molecule has 19 heavy (non-hydrogen) atoms. The minimum absolute atomic E-state index is 0.0253. The molecule has 1 unspecified atom stereocenters. The molecular weight excluding hydrogens is 258 g/mol. The minimum Gasteiger partial charge on any atom is -0.434 e. The van der Waals surface area contributed by atoms with E-state index in [1.54, 1.807) is 6.07 Å². The number of rotatable bonds is 7. The molecule has 0 spiro atoms. The summed E-state index contributed by atoms with van der Waals surface area (Å²) in [5, 5.41) is 2.58. The molecule has 0 saturated carbocycles. The van der Waals surface area contributed by atoms with Crippen LogP contribution in [0.2, 0.25) is 0 Å². The van der Waals surface area contributed by atoms with E-state index in [-0.39, 0.29) is 24.5 Å². The van der Waals surface area contributed by atoms with E-state index in [0.29, 0.717) is 0 Å². The van der Waals surface area contributed by atoms with Crippen LogP contribution in [0.4, 0.5) is 8.78 Å². The van der Waals surface area contributed by atoms with Gasteiger partial charge in [0, 0.05) is 13.7 Å². The number of nitrogens with two attached hydrogens (primary N) is 1. The zero-order valence-corrected chi connectivity index (χ0v) is 10.4. The zero-order chi connectivity index (χ0) is 14.3. The Hall–Kier alpha value is -1.73. The highest BCUT2D eigenvalue weighted by Crippen LogP contribution is 2.20. The molecule has 0 heterocycles. The number of hydrogen-bond donors (Lipinski definition) is 2. The highest BCUT2D eigenvalue weighted by Gasteiger charge is 2.17. The Labute approximate surface area is 109 Å². The van der Waals surface area contributed by atoms with Crippen LogP contribution in [0.25, 0.3) is 0 Å². The molecule has 1 aromatic carbocycles. The summed E-state index contributed by atoms with van der Waals surface area (Å²) in [5.41, 5.74) is 5.48. The van der Waals surface area contributed by atoms with E-state index in [1.165, 1.54) is 25.3 Å². The van der Waals surface area contributed by atoms with Crippen LogP contribution >= 0.6 is 0 Å². The lowest BCUT2D eigenvalue weighted by Gasteiger charge is -2.17. The van der Waals surface area contributed by atoms with Gasteiger partial charge in [-0.3, -0.25) is 4.79 Å². The number of hydrogen-bond acceptors (Lipinski definition) is 4. The standard InChI is InChI=1S/C12H16F2N2O3/c1-18-7-8(6-15)16-11(17)9-4-2-3-5-10(9)19-12(13)14/h2-5,8,12H,6-7,15H2,1H3,(H,16,17). The van der Waals surface area contributed by atoms with Crippen molar-refractivity contribution >= 4 is 5.91 Å². The largest absolute Gasteiger partial charge is 0.434 e. The first kappa shape index (κ1) is 15.3. The van der Waals surface area contributed by atoms with Crippen molar-refractivity contribution in [2.24, 2.45) is 5.73 Å². The molecule has 0 aromatic heterocycles. The van der Waals surface area contributed by atoms with Crippen molar-refractivity contribution in [3.63, 3.8) is 0 Å². The minimum atomic E-state index is -2.99. The van der Waals surface area contributed by atoms with Gasteiger partial charge >= 0.3 is 6.61 Å². The van der Waals surface area contributed by atoms with Gasteiger partial charge in [-0.2, -0.15) is 8.78 Å². The second-order valence-corrected chi connectivity index (χ2v) is 3.74. The first-order chi connectivity index (χ1) is 9.08. The van der Waals surface area contributed by atoms with E-state index in [2.05, 4.69) is 10.1 Å². The Morgan fingerprint density at radius 1 is 1.42 bits per heavy atom. The number of ether oxygens (including phenoxy) is 2. The van der Waals surface area contributed by atoms with Crippen molar-refractivity contribution in [1.82, 2.24) is 5.32 Å². The van der Waals surface area contributed by atoms with Crippen LogP contribution in [-0.4, -0.2) is 38.8 Å². The predicted octanol–water partition coefficient (Wildman–Crippen LogP) is 0.992. The Morgan fingerprint density at radius 2 is 2.11 bits per heavy atom. The fourth-order valence-electron chi connectivity index (χ4n) is 1.49. The molecule has 1 amide bonds. The zero-order valence-electron chi connectivity index (χ0n) is 10.4. The van der Waals surface area contributed by atoms with Gasteiger partial charge in [0.15, 0.2) is 0 Å². The van der Waals surface area contributed by atoms with E-state index in [9.17, 15) is 13.6 Å². The van der Waals surface area contributed by atoms with Crippen molar-refractivity contribution in [2.45, 2.75) is 12.7 Å². The van der Waals surface area contributed by atoms with Crippen LogP contribution in [0, 0.1) is 0 Å².